The number of aromatic nitrogens is 5. The molecule has 0 atom stereocenters. The van der Waals surface area contributed by atoms with Gasteiger partial charge < -0.3 is 14.7 Å². The van der Waals surface area contributed by atoms with Crippen molar-refractivity contribution in [3.8, 4) is 22.6 Å². The first-order valence-corrected chi connectivity index (χ1v) is 12.9. The number of benzene rings is 2. The largest absolute Gasteiger partial charge is 0.481 e. The molecule has 5 rings (SSSR count). The third-order valence-electron chi connectivity index (χ3n) is 7.11. The summed E-state index contributed by atoms with van der Waals surface area (Å²) in [5, 5.41) is 24.9. The maximum atomic E-state index is 12.9. The van der Waals surface area contributed by atoms with Gasteiger partial charge in [0, 0.05) is 29.6 Å². The van der Waals surface area contributed by atoms with Crippen molar-refractivity contribution < 1.29 is 19.4 Å². The van der Waals surface area contributed by atoms with Gasteiger partial charge in [-0.2, -0.15) is 5.21 Å². The minimum absolute atomic E-state index is 0.139. The van der Waals surface area contributed by atoms with Gasteiger partial charge in [-0.1, -0.05) is 56.2 Å². The van der Waals surface area contributed by atoms with Crippen LogP contribution >= 0.6 is 0 Å². The van der Waals surface area contributed by atoms with Crippen LogP contribution in [0.5, 0.6) is 0 Å². The lowest BCUT2D eigenvalue weighted by molar-refractivity contribution is -0.149. The molecule has 0 aliphatic heterocycles. The van der Waals surface area contributed by atoms with Gasteiger partial charge in [0.25, 0.3) is 0 Å². The number of carbonyl (C=O) groups excluding carboxylic acids is 1. The van der Waals surface area contributed by atoms with Crippen molar-refractivity contribution in [1.82, 2.24) is 30.5 Å². The Labute approximate surface area is 220 Å². The molecule has 0 spiro atoms. The second-order valence-corrected chi connectivity index (χ2v) is 9.80. The molecule has 0 unspecified atom stereocenters. The Morgan fingerprint density at radius 2 is 1.82 bits per heavy atom. The fourth-order valence-corrected chi connectivity index (χ4v) is 5.05. The first-order valence-electron chi connectivity index (χ1n) is 12.9. The Morgan fingerprint density at radius 3 is 2.50 bits per heavy atom. The number of aromatic amines is 1. The number of aliphatic carboxylic acids is 1. The summed E-state index contributed by atoms with van der Waals surface area (Å²) in [5.41, 5.74) is 3.45. The van der Waals surface area contributed by atoms with Gasteiger partial charge in [0.1, 0.15) is 0 Å². The monoisotopic (exact) mass is 514 g/mol. The number of carboxylic acid groups (broad SMARTS) is 1. The summed E-state index contributed by atoms with van der Waals surface area (Å²) in [4.78, 5) is 31.4. The average Bonchev–Trinajstić information content (AvgIpc) is 3.65. The number of carboxylic acids is 1. The van der Waals surface area contributed by atoms with Crippen molar-refractivity contribution in [1.29, 1.82) is 0 Å². The number of amides is 1. The predicted octanol–water partition coefficient (Wildman–Crippen LogP) is 5.08. The van der Waals surface area contributed by atoms with Crippen LogP contribution in [0.25, 0.3) is 33.5 Å². The number of nitrogens with zero attached hydrogens (tertiary/aromatic N) is 5. The SMILES string of the molecule is CCCOC(=O)N(Cc1ccc2nc(-c3ccc(-c4nn[nH]n4)cc3)ccc2c1)CC1(C(=O)O)CCCC1. The third-order valence-corrected chi connectivity index (χ3v) is 7.11. The number of H-pyrrole nitrogens is 1. The van der Waals surface area contributed by atoms with E-state index < -0.39 is 17.5 Å². The van der Waals surface area contributed by atoms with Crippen LogP contribution in [0.4, 0.5) is 4.79 Å². The van der Waals surface area contributed by atoms with Gasteiger partial charge in [-0.25, -0.2) is 9.78 Å². The fraction of sp³-hybridized carbons (Fsp3) is 0.357. The summed E-state index contributed by atoms with van der Waals surface area (Å²) < 4.78 is 5.41. The second kappa shape index (κ2) is 11.0. The minimum atomic E-state index is -0.919. The molecule has 0 saturated heterocycles. The summed E-state index contributed by atoms with van der Waals surface area (Å²) in [5.74, 6) is -0.311. The molecule has 1 saturated carbocycles. The van der Waals surface area contributed by atoms with Gasteiger partial charge >= 0.3 is 12.1 Å². The first kappa shape index (κ1) is 25.3. The highest BCUT2D eigenvalue weighted by Crippen LogP contribution is 2.39. The molecular formula is C28H30N6O4. The maximum absolute atomic E-state index is 12.9. The number of ether oxygens (including phenoxy) is 1. The van der Waals surface area contributed by atoms with Crippen molar-refractivity contribution in [3.63, 3.8) is 0 Å². The van der Waals surface area contributed by atoms with E-state index in [1.54, 1.807) is 4.90 Å². The van der Waals surface area contributed by atoms with E-state index in [1.807, 2.05) is 61.5 Å². The molecule has 0 radical (unpaired) electrons. The highest BCUT2D eigenvalue weighted by Gasteiger charge is 2.43. The van der Waals surface area contributed by atoms with Crippen LogP contribution in [0.15, 0.2) is 54.6 Å². The Bertz CT molecular complexity index is 1420. The van der Waals surface area contributed by atoms with Crippen LogP contribution < -0.4 is 0 Å². The van der Waals surface area contributed by atoms with Crippen molar-refractivity contribution in [2.75, 3.05) is 13.2 Å². The fourth-order valence-electron chi connectivity index (χ4n) is 5.05. The summed E-state index contributed by atoms with van der Waals surface area (Å²) in [7, 11) is 0. The highest BCUT2D eigenvalue weighted by molar-refractivity contribution is 5.83. The van der Waals surface area contributed by atoms with Crippen LogP contribution in [0, 0.1) is 5.41 Å². The molecule has 1 fully saturated rings. The lowest BCUT2D eigenvalue weighted by Crippen LogP contribution is -2.44. The quantitative estimate of drug-likeness (QED) is 0.316. The Balaban J connectivity index is 1.36. The molecule has 2 N–H and O–H groups in total. The topological polar surface area (TPSA) is 134 Å². The molecule has 10 nitrogen and oxygen atoms in total. The summed E-state index contributed by atoms with van der Waals surface area (Å²) in [6.07, 6.45) is 3.08. The Kier molecular flexibility index (Phi) is 7.30. The number of nitrogens with one attached hydrogen (secondary N) is 1. The summed E-state index contributed by atoms with van der Waals surface area (Å²) in [6, 6.07) is 17.6. The van der Waals surface area contributed by atoms with E-state index in [0.717, 1.165) is 46.1 Å². The van der Waals surface area contributed by atoms with Crippen molar-refractivity contribution in [2.45, 2.75) is 45.6 Å². The van der Waals surface area contributed by atoms with Crippen molar-refractivity contribution in [2.24, 2.45) is 5.41 Å². The van der Waals surface area contributed by atoms with Gasteiger partial charge in [0.05, 0.1) is 23.2 Å². The Morgan fingerprint density at radius 1 is 1.05 bits per heavy atom. The number of carbonyl (C=O) groups is 2. The van der Waals surface area contributed by atoms with Crippen molar-refractivity contribution in [3.05, 3.63) is 60.2 Å². The second-order valence-electron chi connectivity index (χ2n) is 9.80. The van der Waals surface area contributed by atoms with Crippen LogP contribution in [0.2, 0.25) is 0 Å². The molecule has 1 aliphatic rings. The first-order chi connectivity index (χ1) is 18.5. The molecule has 38 heavy (non-hydrogen) atoms. The zero-order valence-electron chi connectivity index (χ0n) is 21.3. The van der Waals surface area contributed by atoms with Crippen molar-refractivity contribution >= 4 is 23.0 Å². The van der Waals surface area contributed by atoms with Crippen LogP contribution in [0.1, 0.15) is 44.6 Å². The maximum Gasteiger partial charge on any atom is 0.410 e. The van der Waals surface area contributed by atoms with Crippen LogP contribution in [0.3, 0.4) is 0 Å². The zero-order chi connectivity index (χ0) is 26.5. The number of rotatable bonds is 9. The molecule has 4 aromatic rings. The third kappa shape index (κ3) is 5.34. The van der Waals surface area contributed by atoms with E-state index in [1.165, 1.54) is 0 Å². The number of hydrogen-bond acceptors (Lipinski definition) is 7. The minimum Gasteiger partial charge on any atom is -0.481 e. The lowest BCUT2D eigenvalue weighted by Gasteiger charge is -2.31. The summed E-state index contributed by atoms with van der Waals surface area (Å²) in [6.45, 7) is 2.64. The molecular weight excluding hydrogens is 484 g/mol. The van der Waals surface area contributed by atoms with E-state index >= 15 is 0 Å². The summed E-state index contributed by atoms with van der Waals surface area (Å²) >= 11 is 0. The zero-order valence-corrected chi connectivity index (χ0v) is 21.3. The molecule has 2 aromatic carbocycles. The van der Waals surface area contributed by atoms with Gasteiger partial charge in [-0.3, -0.25) is 4.79 Å². The lowest BCUT2D eigenvalue weighted by atomic mass is 9.85. The molecule has 10 heteroatoms. The van der Waals surface area contributed by atoms with Gasteiger partial charge in [0.15, 0.2) is 0 Å². The molecule has 0 bridgehead atoms. The Hall–Kier alpha value is -4.34. The molecule has 1 amide bonds. The molecule has 196 valence electrons. The van der Waals surface area contributed by atoms with E-state index in [9.17, 15) is 14.7 Å². The van der Waals surface area contributed by atoms with E-state index in [2.05, 4.69) is 20.6 Å². The molecule has 2 heterocycles. The van der Waals surface area contributed by atoms with Crippen LogP contribution in [-0.4, -0.2) is 60.8 Å². The van der Waals surface area contributed by atoms with Gasteiger partial charge in [0.2, 0.25) is 5.82 Å². The highest BCUT2D eigenvalue weighted by atomic mass is 16.6. The number of fused-ring (bicyclic) bond motifs is 1. The normalized spacial score (nSPS) is 14.4. The van der Waals surface area contributed by atoms with Crippen LogP contribution in [-0.2, 0) is 16.1 Å². The predicted molar refractivity (Wildman–Crippen MR) is 141 cm³/mol. The molecule has 2 aromatic heterocycles. The van der Waals surface area contributed by atoms with Gasteiger partial charge in [-0.15, -0.1) is 10.2 Å². The number of pyridine rings is 1. The van der Waals surface area contributed by atoms with E-state index in [4.69, 9.17) is 9.72 Å². The van der Waals surface area contributed by atoms with E-state index in [-0.39, 0.29) is 13.1 Å². The van der Waals surface area contributed by atoms with E-state index in [0.29, 0.717) is 31.7 Å². The number of tetrazole rings is 1. The molecule has 1 aliphatic carbocycles. The smallest absolute Gasteiger partial charge is 0.410 e. The average molecular weight is 515 g/mol. The number of hydrogen-bond donors (Lipinski definition) is 2. The standard InChI is InChI=1S/C28H30N6O4/c1-2-15-38-27(37)34(18-28(26(35)36)13-3-4-14-28)17-19-5-11-24-22(16-19)10-12-23(29-24)20-6-8-21(9-7-20)25-30-32-33-31-25/h5-12,16H,2-4,13-15,17-18H2,1H3,(H,35,36)(H,30,31,32,33). The van der Waals surface area contributed by atoms with Gasteiger partial charge in [-0.05, 0) is 48.2 Å².